The molecule has 1 aliphatic rings. The van der Waals surface area contributed by atoms with E-state index in [1.54, 1.807) is 7.11 Å². The third-order valence-electron chi connectivity index (χ3n) is 1.98. The quantitative estimate of drug-likeness (QED) is 0.591. The first-order valence-corrected chi connectivity index (χ1v) is 4.28. The van der Waals surface area contributed by atoms with Gasteiger partial charge in [0.15, 0.2) is 0 Å². The minimum absolute atomic E-state index is 0.0281. The van der Waals surface area contributed by atoms with E-state index < -0.39 is 0 Å². The van der Waals surface area contributed by atoms with E-state index in [4.69, 9.17) is 9.47 Å². The van der Waals surface area contributed by atoms with E-state index in [0.717, 1.165) is 13.1 Å². The number of morpholine rings is 1. The van der Waals surface area contributed by atoms with Gasteiger partial charge in [-0.1, -0.05) is 0 Å². The highest BCUT2D eigenvalue weighted by Gasteiger charge is 2.19. The standard InChI is InChI=1S/C8H16NO3/c1-11-7-8-6-9(2-4-10)3-5-12-8/h8H,2-7H2,1H3. The van der Waals surface area contributed by atoms with Crippen LogP contribution in [0, 0.1) is 0 Å². The zero-order chi connectivity index (χ0) is 8.81. The molecule has 1 aliphatic heterocycles. The molecule has 1 unspecified atom stereocenters. The summed E-state index contributed by atoms with van der Waals surface area (Å²) in [5.41, 5.74) is 0. The lowest BCUT2D eigenvalue weighted by atomic mass is 10.3. The first kappa shape index (κ1) is 9.92. The second kappa shape index (κ2) is 5.48. The second-order valence-corrected chi connectivity index (χ2v) is 2.95. The highest BCUT2D eigenvalue weighted by atomic mass is 16.5. The van der Waals surface area contributed by atoms with Crippen LogP contribution in [-0.2, 0) is 14.6 Å². The number of rotatable bonds is 4. The van der Waals surface area contributed by atoms with Gasteiger partial charge in [0.05, 0.1) is 25.9 Å². The fourth-order valence-corrected chi connectivity index (χ4v) is 1.40. The van der Waals surface area contributed by atoms with Crippen molar-refractivity contribution in [3.8, 4) is 0 Å². The summed E-state index contributed by atoms with van der Waals surface area (Å²) < 4.78 is 10.4. The summed E-state index contributed by atoms with van der Waals surface area (Å²) in [7, 11) is 1.66. The molecule has 0 saturated carbocycles. The number of methoxy groups -OCH3 is 1. The zero-order valence-electron chi connectivity index (χ0n) is 7.49. The molecule has 4 heteroatoms. The number of hydrogen-bond donors (Lipinski definition) is 0. The van der Waals surface area contributed by atoms with Crippen molar-refractivity contribution in [3.63, 3.8) is 0 Å². The maximum atomic E-state index is 10.3. The molecule has 0 spiro atoms. The van der Waals surface area contributed by atoms with Crippen LogP contribution in [0.15, 0.2) is 0 Å². The minimum atomic E-state index is -0.0281. The van der Waals surface area contributed by atoms with E-state index in [1.165, 1.54) is 0 Å². The molecule has 1 radical (unpaired) electrons. The van der Waals surface area contributed by atoms with Gasteiger partial charge in [-0.2, -0.15) is 0 Å². The van der Waals surface area contributed by atoms with Crippen molar-refractivity contribution in [2.24, 2.45) is 0 Å². The predicted molar refractivity (Wildman–Crippen MR) is 43.6 cm³/mol. The number of ether oxygens (including phenoxy) is 2. The summed E-state index contributed by atoms with van der Waals surface area (Å²) in [5.74, 6) is 0. The zero-order valence-corrected chi connectivity index (χ0v) is 7.49. The van der Waals surface area contributed by atoms with Gasteiger partial charge in [0.1, 0.15) is 0 Å². The van der Waals surface area contributed by atoms with Crippen LogP contribution in [0.2, 0.25) is 0 Å². The maximum absolute atomic E-state index is 10.3. The van der Waals surface area contributed by atoms with Crippen molar-refractivity contribution in [3.05, 3.63) is 0 Å². The van der Waals surface area contributed by atoms with Gasteiger partial charge in [0, 0.05) is 26.7 Å². The molecule has 0 aromatic carbocycles. The third-order valence-corrected chi connectivity index (χ3v) is 1.98. The van der Waals surface area contributed by atoms with Gasteiger partial charge >= 0.3 is 0 Å². The summed E-state index contributed by atoms with van der Waals surface area (Å²) in [6.07, 6.45) is 0.148. The van der Waals surface area contributed by atoms with Crippen LogP contribution in [0.3, 0.4) is 0 Å². The number of nitrogens with zero attached hydrogens (tertiary/aromatic N) is 1. The van der Waals surface area contributed by atoms with Crippen LogP contribution in [0.5, 0.6) is 0 Å². The first-order valence-electron chi connectivity index (χ1n) is 4.28. The van der Waals surface area contributed by atoms with Crippen molar-refractivity contribution in [1.82, 2.24) is 4.90 Å². The van der Waals surface area contributed by atoms with Crippen molar-refractivity contribution < 1.29 is 14.6 Å². The third kappa shape index (κ3) is 3.06. The summed E-state index contributed by atoms with van der Waals surface area (Å²) in [6.45, 7) is 3.64. The molecular formula is C8H16NO3. The average Bonchev–Trinajstić information content (AvgIpc) is 2.06. The lowest BCUT2D eigenvalue weighted by Crippen LogP contribution is -2.45. The molecule has 0 N–H and O–H groups in total. The van der Waals surface area contributed by atoms with Gasteiger partial charge in [-0.3, -0.25) is 4.90 Å². The monoisotopic (exact) mass is 174 g/mol. The van der Waals surface area contributed by atoms with Gasteiger partial charge in [-0.25, -0.2) is 5.11 Å². The predicted octanol–water partition coefficient (Wildman–Crippen LogP) is -0.236. The van der Waals surface area contributed by atoms with Crippen LogP contribution >= 0.6 is 0 Å². The Labute approximate surface area is 73.1 Å². The SMILES string of the molecule is COCC1CN(CC[O])CCO1. The molecule has 1 heterocycles. The first-order chi connectivity index (χ1) is 5.86. The molecule has 0 aliphatic carbocycles. The topological polar surface area (TPSA) is 41.6 Å². The summed E-state index contributed by atoms with van der Waals surface area (Å²) in [5, 5.41) is 10.3. The molecule has 4 nitrogen and oxygen atoms in total. The Kier molecular flexibility index (Phi) is 4.53. The van der Waals surface area contributed by atoms with Crippen LogP contribution < -0.4 is 0 Å². The molecule has 0 aromatic heterocycles. The van der Waals surface area contributed by atoms with E-state index in [0.29, 0.717) is 19.8 Å². The molecule has 1 rings (SSSR count). The van der Waals surface area contributed by atoms with Crippen LogP contribution in [0.1, 0.15) is 0 Å². The van der Waals surface area contributed by atoms with Crippen LogP contribution in [-0.4, -0.2) is 57.6 Å². The van der Waals surface area contributed by atoms with Crippen molar-refractivity contribution in [1.29, 1.82) is 0 Å². The molecule has 1 fully saturated rings. The lowest BCUT2D eigenvalue weighted by molar-refractivity contribution is -0.0650. The molecule has 0 amide bonds. The normalized spacial score (nSPS) is 26.0. The van der Waals surface area contributed by atoms with Crippen LogP contribution in [0.25, 0.3) is 0 Å². The van der Waals surface area contributed by atoms with E-state index in [9.17, 15) is 5.11 Å². The summed E-state index contributed by atoms with van der Waals surface area (Å²) in [4.78, 5) is 2.13. The molecule has 71 valence electrons. The van der Waals surface area contributed by atoms with E-state index >= 15 is 0 Å². The Morgan fingerprint density at radius 2 is 2.50 bits per heavy atom. The van der Waals surface area contributed by atoms with Gasteiger partial charge in [-0.05, 0) is 0 Å². The molecular weight excluding hydrogens is 158 g/mol. The van der Waals surface area contributed by atoms with Gasteiger partial charge < -0.3 is 9.47 Å². The van der Waals surface area contributed by atoms with E-state index in [2.05, 4.69) is 4.90 Å². The van der Waals surface area contributed by atoms with Crippen molar-refractivity contribution in [2.45, 2.75) is 6.10 Å². The Morgan fingerprint density at radius 3 is 3.17 bits per heavy atom. The highest BCUT2D eigenvalue weighted by molar-refractivity contribution is 4.70. The van der Waals surface area contributed by atoms with Gasteiger partial charge in [0.2, 0.25) is 0 Å². The van der Waals surface area contributed by atoms with Crippen LogP contribution in [0.4, 0.5) is 0 Å². The molecule has 0 bridgehead atoms. The molecule has 12 heavy (non-hydrogen) atoms. The van der Waals surface area contributed by atoms with E-state index in [-0.39, 0.29) is 12.7 Å². The van der Waals surface area contributed by atoms with Crippen molar-refractivity contribution in [2.75, 3.05) is 46.6 Å². The summed E-state index contributed by atoms with van der Waals surface area (Å²) in [6, 6.07) is 0. The second-order valence-electron chi connectivity index (χ2n) is 2.95. The Morgan fingerprint density at radius 1 is 1.67 bits per heavy atom. The molecule has 1 atom stereocenters. The Hall–Kier alpha value is -0.160. The fraction of sp³-hybridized carbons (Fsp3) is 1.00. The smallest absolute Gasteiger partial charge is 0.0949 e. The molecule has 0 aromatic rings. The van der Waals surface area contributed by atoms with E-state index in [1.807, 2.05) is 0 Å². The van der Waals surface area contributed by atoms with Gasteiger partial charge in [0.25, 0.3) is 0 Å². The average molecular weight is 174 g/mol. The number of hydrogen-bond acceptors (Lipinski definition) is 3. The van der Waals surface area contributed by atoms with Gasteiger partial charge in [-0.15, -0.1) is 0 Å². The largest absolute Gasteiger partial charge is 0.382 e. The maximum Gasteiger partial charge on any atom is 0.0949 e. The Bertz CT molecular complexity index is 105. The Balaban J connectivity index is 2.20. The fourth-order valence-electron chi connectivity index (χ4n) is 1.40. The summed E-state index contributed by atoms with van der Waals surface area (Å²) >= 11 is 0. The lowest BCUT2D eigenvalue weighted by Gasteiger charge is -2.31. The minimum Gasteiger partial charge on any atom is -0.382 e. The molecule has 1 saturated heterocycles. The highest BCUT2D eigenvalue weighted by Crippen LogP contribution is 2.04. The van der Waals surface area contributed by atoms with Crippen molar-refractivity contribution >= 4 is 0 Å².